The fraction of sp³-hybridized carbons (Fsp3) is 0.943. The summed E-state index contributed by atoms with van der Waals surface area (Å²) in [4.78, 5) is 0. The normalized spacial score (nSPS) is 54.5. The molecule has 6 nitrogen and oxygen atoms in total. The largest absolute Gasteiger partial charge is 0.393 e. The molecule has 0 spiro atoms. The van der Waals surface area contributed by atoms with Crippen LogP contribution in [-0.4, -0.2) is 63.8 Å². The van der Waals surface area contributed by atoms with Crippen molar-refractivity contribution in [2.24, 2.45) is 50.7 Å². The van der Waals surface area contributed by atoms with Crippen molar-refractivity contribution in [3.8, 4) is 0 Å². The summed E-state index contributed by atoms with van der Waals surface area (Å²) < 4.78 is 12.1. The van der Waals surface area contributed by atoms with E-state index in [1.54, 1.807) is 5.57 Å². The molecule has 1 aliphatic heterocycles. The third-order valence-electron chi connectivity index (χ3n) is 14.6. The molecule has 41 heavy (non-hydrogen) atoms. The molecule has 6 rings (SSSR count). The van der Waals surface area contributed by atoms with Crippen molar-refractivity contribution in [3.05, 3.63) is 11.6 Å². The molecule has 13 atom stereocenters. The van der Waals surface area contributed by atoms with Crippen LogP contribution < -0.4 is 0 Å². The molecule has 4 saturated carbocycles. The topological polar surface area (TPSA) is 99.4 Å². The zero-order valence-electron chi connectivity index (χ0n) is 26.7. The fourth-order valence-corrected chi connectivity index (χ4v) is 12.2. The number of aliphatic hydroxyl groups excluding tert-OH is 4. The third kappa shape index (κ3) is 4.47. The van der Waals surface area contributed by atoms with Crippen LogP contribution in [-0.2, 0) is 9.47 Å². The fourth-order valence-electron chi connectivity index (χ4n) is 12.2. The molecule has 5 aliphatic carbocycles. The van der Waals surface area contributed by atoms with Gasteiger partial charge in [0.25, 0.3) is 0 Å². The van der Waals surface area contributed by atoms with E-state index in [9.17, 15) is 20.4 Å². The van der Waals surface area contributed by atoms with E-state index >= 15 is 0 Å². The van der Waals surface area contributed by atoms with Gasteiger partial charge in [-0.1, -0.05) is 60.1 Å². The van der Waals surface area contributed by atoms with Gasteiger partial charge < -0.3 is 29.9 Å². The molecule has 0 radical (unpaired) electrons. The van der Waals surface area contributed by atoms with Crippen molar-refractivity contribution >= 4 is 0 Å². The van der Waals surface area contributed by atoms with E-state index in [0.29, 0.717) is 29.1 Å². The lowest BCUT2D eigenvalue weighted by Gasteiger charge is -2.64. The maximum absolute atomic E-state index is 11.0. The maximum atomic E-state index is 11.0. The second kappa shape index (κ2) is 10.0. The molecular weight excluding hydrogens is 516 g/mol. The quantitative estimate of drug-likeness (QED) is 0.253. The van der Waals surface area contributed by atoms with Crippen LogP contribution >= 0.6 is 0 Å². The zero-order chi connectivity index (χ0) is 29.8. The predicted octanol–water partition coefficient (Wildman–Crippen LogP) is 5.60. The molecule has 1 heterocycles. The van der Waals surface area contributed by atoms with E-state index < -0.39 is 24.6 Å². The Bertz CT molecular complexity index is 1040. The van der Waals surface area contributed by atoms with E-state index in [4.69, 9.17) is 9.47 Å². The Morgan fingerprint density at radius 2 is 1.44 bits per heavy atom. The van der Waals surface area contributed by atoms with E-state index in [0.717, 1.165) is 32.1 Å². The summed E-state index contributed by atoms with van der Waals surface area (Å²) in [7, 11) is 0. The van der Waals surface area contributed by atoms with Crippen molar-refractivity contribution < 1.29 is 29.9 Å². The number of ether oxygens (including phenoxy) is 2. The molecule has 5 fully saturated rings. The van der Waals surface area contributed by atoms with Crippen LogP contribution in [0.25, 0.3) is 0 Å². The van der Waals surface area contributed by atoms with Gasteiger partial charge in [0, 0.05) is 0 Å². The van der Waals surface area contributed by atoms with Gasteiger partial charge in [-0.25, -0.2) is 0 Å². The highest BCUT2D eigenvalue weighted by Crippen LogP contribution is 2.70. The first-order valence-electron chi connectivity index (χ1n) is 16.7. The van der Waals surface area contributed by atoms with E-state index in [1.165, 1.54) is 32.1 Å². The van der Waals surface area contributed by atoms with Crippen molar-refractivity contribution in [1.82, 2.24) is 0 Å². The molecule has 0 amide bonds. The van der Waals surface area contributed by atoms with Crippen molar-refractivity contribution in [3.63, 3.8) is 0 Å². The minimum atomic E-state index is -1.25. The van der Waals surface area contributed by atoms with E-state index in [1.807, 2.05) is 0 Å². The van der Waals surface area contributed by atoms with Crippen LogP contribution in [0.1, 0.15) is 113 Å². The summed E-state index contributed by atoms with van der Waals surface area (Å²) in [6, 6.07) is 0. The average Bonchev–Trinajstić information content (AvgIpc) is 3.05. The Balaban J connectivity index is 1.24. The van der Waals surface area contributed by atoms with Crippen LogP contribution in [0.4, 0.5) is 0 Å². The number of hydrogen-bond acceptors (Lipinski definition) is 6. The summed E-state index contributed by atoms with van der Waals surface area (Å²) >= 11 is 0. The predicted molar refractivity (Wildman–Crippen MR) is 159 cm³/mol. The molecule has 1 saturated heterocycles. The monoisotopic (exact) mass is 574 g/mol. The molecule has 6 heteroatoms. The summed E-state index contributed by atoms with van der Waals surface area (Å²) in [5.74, 6) is 2.31. The molecule has 6 aliphatic rings. The first kappa shape index (κ1) is 30.5. The van der Waals surface area contributed by atoms with Crippen LogP contribution in [0.2, 0.25) is 0 Å². The third-order valence-corrected chi connectivity index (χ3v) is 14.6. The first-order chi connectivity index (χ1) is 19.1. The highest BCUT2D eigenvalue weighted by atomic mass is 16.7. The van der Waals surface area contributed by atoms with Crippen LogP contribution in [0, 0.1) is 50.7 Å². The Kier molecular flexibility index (Phi) is 7.45. The van der Waals surface area contributed by atoms with Crippen LogP contribution in [0.15, 0.2) is 11.6 Å². The second-order valence-corrected chi connectivity index (χ2v) is 17.3. The van der Waals surface area contributed by atoms with Gasteiger partial charge >= 0.3 is 0 Å². The summed E-state index contributed by atoms with van der Waals surface area (Å²) in [6.45, 7) is 17.0. The molecule has 0 aromatic carbocycles. The first-order valence-corrected chi connectivity index (χ1v) is 16.7. The van der Waals surface area contributed by atoms with Gasteiger partial charge in [-0.2, -0.15) is 0 Å². The Morgan fingerprint density at radius 3 is 2.17 bits per heavy atom. The lowest BCUT2D eigenvalue weighted by molar-refractivity contribution is -0.306. The molecule has 234 valence electrons. The SMILES string of the molecule is CC1(C)[C@@H](O[C@@H]2OC[C@H](O)[C@H](O)[C@H]2O)CC[C@@]2(C)[C@H]1CC[C@@]1(C)CC3=CC[C@H]4C(C)(C)[C@@H](O)CC[C@]4(C)[C@H]3CC[C@@H]12. The Labute approximate surface area is 248 Å². The zero-order valence-corrected chi connectivity index (χ0v) is 26.7. The molecule has 0 aromatic rings. The Morgan fingerprint density at radius 1 is 0.732 bits per heavy atom. The minimum absolute atomic E-state index is 0.0233. The molecule has 0 unspecified atom stereocenters. The molecule has 4 N–H and O–H groups in total. The van der Waals surface area contributed by atoms with Crippen molar-refractivity contribution in [1.29, 1.82) is 0 Å². The van der Waals surface area contributed by atoms with Gasteiger partial charge in [0.05, 0.1) is 18.8 Å². The molecule has 0 aromatic heterocycles. The van der Waals surface area contributed by atoms with Gasteiger partial charge in [0.1, 0.15) is 18.3 Å². The number of aliphatic hydroxyl groups is 4. The van der Waals surface area contributed by atoms with Crippen molar-refractivity contribution in [2.45, 2.75) is 149 Å². The van der Waals surface area contributed by atoms with Gasteiger partial charge in [0.15, 0.2) is 6.29 Å². The minimum Gasteiger partial charge on any atom is -0.393 e. The Hall–Kier alpha value is -0.500. The summed E-state index contributed by atoms with van der Waals surface area (Å²) in [5, 5.41) is 41.7. The van der Waals surface area contributed by atoms with Crippen LogP contribution in [0.5, 0.6) is 0 Å². The maximum Gasteiger partial charge on any atom is 0.186 e. The molecular formula is C35H58O6. The van der Waals surface area contributed by atoms with E-state index in [-0.39, 0.29) is 40.5 Å². The van der Waals surface area contributed by atoms with Crippen LogP contribution in [0.3, 0.4) is 0 Å². The van der Waals surface area contributed by atoms with E-state index in [2.05, 4.69) is 54.5 Å². The van der Waals surface area contributed by atoms with Gasteiger partial charge in [0.2, 0.25) is 0 Å². The molecule has 0 bridgehead atoms. The smallest absolute Gasteiger partial charge is 0.186 e. The number of hydrogen-bond donors (Lipinski definition) is 4. The summed E-state index contributed by atoms with van der Waals surface area (Å²) in [6.07, 6.45) is 9.22. The standard InChI is InChI=1S/C35H58O6/c1-31(2)23-10-8-20-18-33(5)15-12-24-32(3,4)27(41-30-29(39)28(38)22(36)19-40-30)14-17-35(24,7)25(33)11-9-21(20)34(23,6)16-13-26(31)37/h8,21-30,36-39H,9-19H2,1-7H3/t21-,22-,23-,24-,25-,26-,27-,28-,29+,30-,33-,34+,35-/m0/s1. The summed E-state index contributed by atoms with van der Waals surface area (Å²) in [5.41, 5.74) is 2.36. The number of allylic oxidation sites excluding steroid dienone is 2. The van der Waals surface area contributed by atoms with Gasteiger partial charge in [-0.15, -0.1) is 0 Å². The van der Waals surface area contributed by atoms with Gasteiger partial charge in [-0.05, 0) is 115 Å². The number of fused-ring (bicyclic) bond motifs is 6. The highest BCUT2D eigenvalue weighted by molar-refractivity contribution is 5.25. The highest BCUT2D eigenvalue weighted by Gasteiger charge is 2.63. The lowest BCUT2D eigenvalue weighted by Crippen LogP contribution is -2.61. The van der Waals surface area contributed by atoms with Gasteiger partial charge in [-0.3, -0.25) is 0 Å². The number of rotatable bonds is 2. The lowest BCUT2D eigenvalue weighted by atomic mass is 9.42. The average molecular weight is 575 g/mol. The van der Waals surface area contributed by atoms with Crippen molar-refractivity contribution in [2.75, 3.05) is 6.61 Å². The second-order valence-electron chi connectivity index (χ2n) is 17.3.